The number of benzene rings is 1. The van der Waals surface area contributed by atoms with E-state index in [1.54, 1.807) is 0 Å². The van der Waals surface area contributed by atoms with Crippen LogP contribution in [-0.4, -0.2) is 25.5 Å². The quantitative estimate of drug-likeness (QED) is 0.860. The van der Waals surface area contributed by atoms with Crippen LogP contribution in [0.4, 0.5) is 13.2 Å². The first-order valence-corrected chi connectivity index (χ1v) is 5.76. The number of hydrogen-bond donors (Lipinski definition) is 1. The molecule has 19 heavy (non-hydrogen) atoms. The highest BCUT2D eigenvalue weighted by Crippen LogP contribution is 2.35. The minimum Gasteiger partial charge on any atom is -0.468 e. The highest BCUT2D eigenvalue weighted by Gasteiger charge is 2.33. The van der Waals surface area contributed by atoms with Crippen LogP contribution < -0.4 is 5.32 Å². The summed E-state index contributed by atoms with van der Waals surface area (Å²) in [4.78, 5) is 22.4. The Hall–Kier alpha value is -1.57. The Balaban J connectivity index is 2.90. The molecule has 1 aromatic carbocycles. The molecule has 0 aliphatic carbocycles. The lowest BCUT2D eigenvalue weighted by Gasteiger charge is -2.11. The summed E-state index contributed by atoms with van der Waals surface area (Å²) in [6.45, 7) is -0.410. The van der Waals surface area contributed by atoms with Crippen molar-refractivity contribution >= 4 is 27.8 Å². The SMILES string of the molecule is COC(=O)CNC(=O)c1ccc(Br)c(C(F)(F)F)c1. The summed E-state index contributed by atoms with van der Waals surface area (Å²) < 4.78 is 42.0. The Morgan fingerprint density at radius 3 is 2.53 bits per heavy atom. The second kappa shape index (κ2) is 6.05. The van der Waals surface area contributed by atoms with Gasteiger partial charge < -0.3 is 10.1 Å². The predicted octanol–water partition coefficient (Wildman–Crippen LogP) is 2.37. The fourth-order valence-corrected chi connectivity index (χ4v) is 1.68. The van der Waals surface area contributed by atoms with Crippen LogP contribution in [0.25, 0.3) is 0 Å². The first-order valence-electron chi connectivity index (χ1n) is 4.97. The number of hydrogen-bond acceptors (Lipinski definition) is 3. The van der Waals surface area contributed by atoms with E-state index in [4.69, 9.17) is 0 Å². The zero-order valence-corrected chi connectivity index (χ0v) is 11.3. The molecule has 0 heterocycles. The van der Waals surface area contributed by atoms with Gasteiger partial charge in [0.1, 0.15) is 6.54 Å². The molecule has 0 aliphatic rings. The van der Waals surface area contributed by atoms with Crippen molar-refractivity contribution < 1.29 is 27.5 Å². The van der Waals surface area contributed by atoms with Crippen LogP contribution in [0.1, 0.15) is 15.9 Å². The molecule has 0 unspecified atom stereocenters. The van der Waals surface area contributed by atoms with E-state index >= 15 is 0 Å². The number of carbonyl (C=O) groups is 2. The molecule has 0 aliphatic heterocycles. The van der Waals surface area contributed by atoms with Crippen LogP contribution >= 0.6 is 15.9 Å². The van der Waals surface area contributed by atoms with Crippen molar-refractivity contribution in [2.45, 2.75) is 6.18 Å². The first-order chi connectivity index (χ1) is 8.75. The van der Waals surface area contributed by atoms with Gasteiger partial charge in [-0.1, -0.05) is 15.9 Å². The lowest BCUT2D eigenvalue weighted by molar-refractivity contribution is -0.139. The minimum atomic E-state index is -4.57. The Bertz CT molecular complexity index is 502. The summed E-state index contributed by atoms with van der Waals surface area (Å²) in [5.41, 5.74) is -1.15. The molecular formula is C11H9BrF3NO3. The average molecular weight is 340 g/mol. The number of halogens is 4. The molecule has 0 atom stereocenters. The molecule has 0 bridgehead atoms. The highest BCUT2D eigenvalue weighted by molar-refractivity contribution is 9.10. The molecule has 0 radical (unpaired) electrons. The van der Waals surface area contributed by atoms with Crippen LogP contribution in [0, 0.1) is 0 Å². The Labute approximate surface area is 115 Å². The van der Waals surface area contributed by atoms with E-state index in [-0.39, 0.29) is 10.0 Å². The van der Waals surface area contributed by atoms with Crippen LogP contribution in [0.2, 0.25) is 0 Å². The maximum absolute atomic E-state index is 12.6. The highest BCUT2D eigenvalue weighted by atomic mass is 79.9. The fourth-order valence-electron chi connectivity index (χ4n) is 1.21. The molecule has 0 saturated heterocycles. The van der Waals surface area contributed by atoms with E-state index in [9.17, 15) is 22.8 Å². The number of methoxy groups -OCH3 is 1. The van der Waals surface area contributed by atoms with Crippen LogP contribution in [0.3, 0.4) is 0 Å². The molecule has 1 N–H and O–H groups in total. The molecule has 104 valence electrons. The molecule has 0 aromatic heterocycles. The molecule has 1 aromatic rings. The van der Waals surface area contributed by atoms with Crippen molar-refractivity contribution in [2.75, 3.05) is 13.7 Å². The maximum atomic E-state index is 12.6. The molecule has 0 fully saturated rings. The summed E-state index contributed by atoms with van der Waals surface area (Å²) in [6.07, 6.45) is -4.57. The van der Waals surface area contributed by atoms with Gasteiger partial charge >= 0.3 is 12.1 Å². The number of carbonyl (C=O) groups excluding carboxylic acids is 2. The van der Waals surface area contributed by atoms with Crippen molar-refractivity contribution in [3.05, 3.63) is 33.8 Å². The zero-order chi connectivity index (χ0) is 14.6. The lowest BCUT2D eigenvalue weighted by atomic mass is 10.1. The summed E-state index contributed by atoms with van der Waals surface area (Å²) in [7, 11) is 1.13. The largest absolute Gasteiger partial charge is 0.468 e. The zero-order valence-electron chi connectivity index (χ0n) is 9.68. The summed E-state index contributed by atoms with van der Waals surface area (Å²) in [5, 5.41) is 2.15. The normalized spacial score (nSPS) is 11.0. The smallest absolute Gasteiger partial charge is 0.417 e. The Morgan fingerprint density at radius 1 is 1.37 bits per heavy atom. The summed E-state index contributed by atoms with van der Waals surface area (Å²) >= 11 is 2.76. The van der Waals surface area contributed by atoms with E-state index in [2.05, 4.69) is 26.0 Å². The van der Waals surface area contributed by atoms with Gasteiger partial charge in [0.15, 0.2) is 0 Å². The minimum absolute atomic E-state index is 0.162. The van der Waals surface area contributed by atoms with E-state index in [1.165, 1.54) is 6.07 Å². The number of amides is 1. The third-order valence-electron chi connectivity index (χ3n) is 2.15. The number of esters is 1. The van der Waals surface area contributed by atoms with Gasteiger partial charge in [0, 0.05) is 10.0 Å². The van der Waals surface area contributed by atoms with Gasteiger partial charge in [-0.2, -0.15) is 13.2 Å². The van der Waals surface area contributed by atoms with Crippen molar-refractivity contribution in [2.24, 2.45) is 0 Å². The molecule has 1 amide bonds. The monoisotopic (exact) mass is 339 g/mol. The van der Waals surface area contributed by atoms with E-state index < -0.39 is 30.2 Å². The first kappa shape index (κ1) is 15.5. The molecule has 8 heteroatoms. The number of ether oxygens (including phenoxy) is 1. The second-order valence-electron chi connectivity index (χ2n) is 3.45. The number of alkyl halides is 3. The van der Waals surface area contributed by atoms with Crippen LogP contribution in [-0.2, 0) is 15.7 Å². The number of nitrogens with one attached hydrogen (secondary N) is 1. The van der Waals surface area contributed by atoms with Gasteiger partial charge in [-0.15, -0.1) is 0 Å². The van der Waals surface area contributed by atoms with Gasteiger partial charge in [-0.25, -0.2) is 0 Å². The molecule has 0 spiro atoms. The van der Waals surface area contributed by atoms with Gasteiger partial charge in [0.05, 0.1) is 12.7 Å². The fraction of sp³-hybridized carbons (Fsp3) is 0.273. The van der Waals surface area contributed by atoms with Crippen molar-refractivity contribution in [1.29, 1.82) is 0 Å². The van der Waals surface area contributed by atoms with E-state index in [0.29, 0.717) is 6.07 Å². The topological polar surface area (TPSA) is 55.4 Å². The maximum Gasteiger partial charge on any atom is 0.417 e. The molecule has 0 saturated carbocycles. The van der Waals surface area contributed by atoms with Gasteiger partial charge in [-0.3, -0.25) is 9.59 Å². The van der Waals surface area contributed by atoms with Crippen LogP contribution in [0.15, 0.2) is 22.7 Å². The van der Waals surface area contributed by atoms with Gasteiger partial charge in [0.25, 0.3) is 5.91 Å². The molecular weight excluding hydrogens is 331 g/mol. The third kappa shape index (κ3) is 4.23. The van der Waals surface area contributed by atoms with Gasteiger partial charge in [-0.05, 0) is 18.2 Å². The Morgan fingerprint density at radius 2 is 2.00 bits per heavy atom. The van der Waals surface area contributed by atoms with E-state index in [0.717, 1.165) is 13.2 Å². The van der Waals surface area contributed by atoms with Crippen molar-refractivity contribution in [1.82, 2.24) is 5.32 Å². The molecule has 4 nitrogen and oxygen atoms in total. The van der Waals surface area contributed by atoms with E-state index in [1.807, 2.05) is 0 Å². The summed E-state index contributed by atoms with van der Waals surface area (Å²) in [6, 6.07) is 3.04. The standard InChI is InChI=1S/C11H9BrF3NO3/c1-19-9(17)5-16-10(18)6-2-3-8(12)7(4-6)11(13,14)15/h2-4H,5H2,1H3,(H,16,18). The second-order valence-corrected chi connectivity index (χ2v) is 4.31. The van der Waals surface area contributed by atoms with Gasteiger partial charge in [0.2, 0.25) is 0 Å². The summed E-state index contributed by atoms with van der Waals surface area (Å²) in [5.74, 6) is -1.48. The molecule has 1 rings (SSSR count). The third-order valence-corrected chi connectivity index (χ3v) is 2.85. The number of rotatable bonds is 3. The lowest BCUT2D eigenvalue weighted by Crippen LogP contribution is -2.30. The average Bonchev–Trinajstić information content (AvgIpc) is 2.34. The Kier molecular flexibility index (Phi) is 4.93. The van der Waals surface area contributed by atoms with Crippen molar-refractivity contribution in [3.8, 4) is 0 Å². The van der Waals surface area contributed by atoms with Crippen molar-refractivity contribution in [3.63, 3.8) is 0 Å². The predicted molar refractivity (Wildman–Crippen MR) is 63.5 cm³/mol. The van der Waals surface area contributed by atoms with Crippen LogP contribution in [0.5, 0.6) is 0 Å².